The standard InChI is InChI=1S/C20H19F4N3O2S2.ClH/c1-26(2)9-10-27(18(28)12-30-15-6-3-13(21)4-7-15)19-25-16-8-5-14(11-17(16)31-19)29-20(22,23)24;/h3-8,11H,9-10,12H2,1-2H3;1H. The van der Waals surface area contributed by atoms with Crippen molar-refractivity contribution < 1.29 is 27.1 Å². The van der Waals surface area contributed by atoms with E-state index in [2.05, 4.69) is 9.72 Å². The third-order valence-electron chi connectivity index (χ3n) is 4.06. The Morgan fingerprint density at radius 2 is 1.81 bits per heavy atom. The molecule has 1 aromatic heterocycles. The highest BCUT2D eigenvalue weighted by Gasteiger charge is 2.31. The lowest BCUT2D eigenvalue weighted by atomic mass is 10.3. The Kier molecular flexibility index (Phi) is 9.14. The van der Waals surface area contributed by atoms with E-state index < -0.39 is 6.36 Å². The van der Waals surface area contributed by atoms with Gasteiger partial charge in [-0.25, -0.2) is 9.37 Å². The quantitative estimate of drug-likeness (QED) is 0.299. The van der Waals surface area contributed by atoms with Gasteiger partial charge >= 0.3 is 6.36 Å². The zero-order chi connectivity index (χ0) is 22.6. The molecular weight excluding hydrogens is 490 g/mol. The maximum absolute atomic E-state index is 13.1. The number of rotatable bonds is 8. The van der Waals surface area contributed by atoms with Crippen molar-refractivity contribution in [2.75, 3.05) is 37.8 Å². The van der Waals surface area contributed by atoms with E-state index >= 15 is 0 Å². The maximum atomic E-state index is 13.1. The summed E-state index contributed by atoms with van der Waals surface area (Å²) in [5.41, 5.74) is 0.475. The minimum absolute atomic E-state index is 0. The van der Waals surface area contributed by atoms with E-state index in [0.29, 0.717) is 28.4 Å². The number of carbonyl (C=O) groups excluding carboxylic acids is 1. The highest BCUT2D eigenvalue weighted by Crippen LogP contribution is 2.33. The van der Waals surface area contributed by atoms with Crippen LogP contribution in [0.2, 0.25) is 0 Å². The number of fused-ring (bicyclic) bond motifs is 1. The van der Waals surface area contributed by atoms with E-state index in [4.69, 9.17) is 0 Å². The molecule has 0 saturated carbocycles. The fourth-order valence-corrected chi connectivity index (χ4v) is 4.40. The first-order valence-electron chi connectivity index (χ1n) is 9.10. The molecule has 0 bridgehead atoms. The molecular formula is C20H20ClF4N3O2S2. The van der Waals surface area contributed by atoms with Gasteiger partial charge in [-0.3, -0.25) is 9.69 Å². The molecule has 3 aromatic rings. The number of anilines is 1. The zero-order valence-electron chi connectivity index (χ0n) is 17.1. The first-order chi connectivity index (χ1) is 14.6. The van der Waals surface area contributed by atoms with Crippen LogP contribution in [0.1, 0.15) is 0 Å². The molecule has 5 nitrogen and oxygen atoms in total. The topological polar surface area (TPSA) is 45.7 Å². The Balaban J connectivity index is 0.00000363. The average molecular weight is 510 g/mol. The molecule has 0 unspecified atom stereocenters. The molecule has 0 atom stereocenters. The van der Waals surface area contributed by atoms with Crippen LogP contribution in [-0.4, -0.2) is 55.1 Å². The fourth-order valence-electron chi connectivity index (χ4n) is 2.59. The van der Waals surface area contributed by atoms with Crippen molar-refractivity contribution in [3.63, 3.8) is 0 Å². The SMILES string of the molecule is CN(C)CCN(C(=O)CSc1ccc(F)cc1)c1nc2ccc(OC(F)(F)F)cc2s1.Cl. The summed E-state index contributed by atoms with van der Waals surface area (Å²) in [6, 6.07) is 9.71. The summed E-state index contributed by atoms with van der Waals surface area (Å²) in [7, 11) is 3.74. The van der Waals surface area contributed by atoms with Gasteiger partial charge in [0.25, 0.3) is 0 Å². The van der Waals surface area contributed by atoms with Crippen LogP contribution >= 0.6 is 35.5 Å². The summed E-state index contributed by atoms with van der Waals surface area (Å²) in [6.07, 6.45) is -4.79. The lowest BCUT2D eigenvalue weighted by Crippen LogP contribution is -2.37. The van der Waals surface area contributed by atoms with E-state index in [-0.39, 0.29) is 35.6 Å². The van der Waals surface area contributed by atoms with Crippen molar-refractivity contribution in [3.8, 4) is 5.75 Å². The number of thioether (sulfide) groups is 1. The number of halogens is 5. The van der Waals surface area contributed by atoms with Crippen LogP contribution in [0.25, 0.3) is 10.2 Å². The van der Waals surface area contributed by atoms with Crippen molar-refractivity contribution >= 4 is 56.8 Å². The van der Waals surface area contributed by atoms with Gasteiger partial charge in [0, 0.05) is 24.1 Å². The predicted molar refractivity (Wildman–Crippen MR) is 122 cm³/mol. The summed E-state index contributed by atoms with van der Waals surface area (Å²) < 4.78 is 55.0. The molecule has 3 rings (SSSR count). The molecule has 0 aliphatic rings. The number of carbonyl (C=O) groups is 1. The monoisotopic (exact) mass is 509 g/mol. The summed E-state index contributed by atoms with van der Waals surface area (Å²) in [6.45, 7) is 0.937. The van der Waals surface area contributed by atoms with Crippen LogP contribution in [0.4, 0.5) is 22.7 Å². The molecule has 0 spiro atoms. The predicted octanol–water partition coefficient (Wildman–Crippen LogP) is 5.44. The van der Waals surface area contributed by atoms with Crippen molar-refractivity contribution in [1.82, 2.24) is 9.88 Å². The molecule has 12 heteroatoms. The van der Waals surface area contributed by atoms with Crippen LogP contribution in [0.3, 0.4) is 0 Å². The first kappa shape index (κ1) is 26.2. The summed E-state index contributed by atoms with van der Waals surface area (Å²) >= 11 is 2.39. The van der Waals surface area contributed by atoms with Gasteiger partial charge in [-0.05, 0) is 50.5 Å². The number of thiazole rings is 1. The fraction of sp³-hybridized carbons (Fsp3) is 0.300. The van der Waals surface area contributed by atoms with Crippen molar-refractivity contribution in [2.45, 2.75) is 11.3 Å². The van der Waals surface area contributed by atoms with Crippen molar-refractivity contribution in [3.05, 3.63) is 48.3 Å². The minimum Gasteiger partial charge on any atom is -0.406 e. The van der Waals surface area contributed by atoms with Crippen LogP contribution in [0.5, 0.6) is 5.75 Å². The van der Waals surface area contributed by atoms with Crippen molar-refractivity contribution in [1.29, 1.82) is 0 Å². The first-order valence-corrected chi connectivity index (χ1v) is 10.9. The minimum atomic E-state index is -4.79. The Morgan fingerprint density at radius 3 is 2.44 bits per heavy atom. The van der Waals surface area contributed by atoms with E-state index in [1.165, 1.54) is 47.0 Å². The number of hydrogen-bond donors (Lipinski definition) is 0. The Hall–Kier alpha value is -2.08. The third-order valence-corrected chi connectivity index (χ3v) is 6.10. The van der Waals surface area contributed by atoms with Gasteiger partial charge in [0.15, 0.2) is 5.13 Å². The highest BCUT2D eigenvalue weighted by molar-refractivity contribution is 8.00. The number of ether oxygens (including phenoxy) is 1. The molecule has 32 heavy (non-hydrogen) atoms. The van der Waals surface area contributed by atoms with Gasteiger partial charge in [-0.2, -0.15) is 0 Å². The van der Waals surface area contributed by atoms with Gasteiger partial charge in [0.1, 0.15) is 11.6 Å². The van der Waals surface area contributed by atoms with E-state index in [9.17, 15) is 22.4 Å². The van der Waals surface area contributed by atoms with Crippen molar-refractivity contribution in [2.24, 2.45) is 0 Å². The number of hydrogen-bond acceptors (Lipinski definition) is 6. The molecule has 0 fully saturated rings. The smallest absolute Gasteiger partial charge is 0.406 e. The second-order valence-electron chi connectivity index (χ2n) is 6.77. The Morgan fingerprint density at radius 1 is 1.12 bits per heavy atom. The molecule has 174 valence electrons. The lowest BCUT2D eigenvalue weighted by Gasteiger charge is -2.21. The zero-order valence-corrected chi connectivity index (χ0v) is 19.5. The van der Waals surface area contributed by atoms with Crippen LogP contribution < -0.4 is 9.64 Å². The van der Waals surface area contributed by atoms with Gasteiger partial charge < -0.3 is 9.64 Å². The number of likely N-dealkylation sites (N-methyl/N-ethyl adjacent to an activating group) is 1. The van der Waals surface area contributed by atoms with Crippen LogP contribution in [0, 0.1) is 5.82 Å². The van der Waals surface area contributed by atoms with E-state index in [0.717, 1.165) is 16.2 Å². The van der Waals surface area contributed by atoms with E-state index in [1.54, 1.807) is 12.1 Å². The van der Waals surface area contributed by atoms with Gasteiger partial charge in [0.05, 0.1) is 16.0 Å². The molecule has 0 N–H and O–H groups in total. The number of amides is 1. The van der Waals surface area contributed by atoms with Crippen LogP contribution in [0.15, 0.2) is 47.4 Å². The maximum Gasteiger partial charge on any atom is 0.573 e. The third kappa shape index (κ3) is 7.51. The molecule has 1 heterocycles. The number of alkyl halides is 3. The molecule has 0 aliphatic carbocycles. The molecule has 0 radical (unpaired) electrons. The Bertz CT molecular complexity index is 1050. The summed E-state index contributed by atoms with van der Waals surface area (Å²) in [5, 5.41) is 0.394. The normalized spacial score (nSPS) is 11.5. The molecule has 1 amide bonds. The average Bonchev–Trinajstić information content (AvgIpc) is 3.09. The molecule has 0 aliphatic heterocycles. The Labute approximate surface area is 196 Å². The molecule has 0 saturated heterocycles. The molecule has 2 aromatic carbocycles. The highest BCUT2D eigenvalue weighted by atomic mass is 35.5. The van der Waals surface area contributed by atoms with Gasteiger partial charge in [-0.15, -0.1) is 37.3 Å². The number of benzene rings is 2. The summed E-state index contributed by atoms with van der Waals surface area (Å²) in [5.74, 6) is -0.793. The number of nitrogens with zero attached hydrogens (tertiary/aromatic N) is 3. The lowest BCUT2D eigenvalue weighted by molar-refractivity contribution is -0.274. The second-order valence-corrected chi connectivity index (χ2v) is 8.82. The van der Waals surface area contributed by atoms with Gasteiger partial charge in [-0.1, -0.05) is 11.3 Å². The summed E-state index contributed by atoms with van der Waals surface area (Å²) in [4.78, 5) is 21.5. The van der Waals surface area contributed by atoms with E-state index in [1.807, 2.05) is 19.0 Å². The second kappa shape index (κ2) is 11.2. The van der Waals surface area contributed by atoms with Crippen LogP contribution in [-0.2, 0) is 4.79 Å². The van der Waals surface area contributed by atoms with Gasteiger partial charge in [0.2, 0.25) is 5.91 Å². The largest absolute Gasteiger partial charge is 0.573 e. The number of aromatic nitrogens is 1.